The molecular weight excluding hydrogens is 311 g/mol. The summed E-state index contributed by atoms with van der Waals surface area (Å²) in [5, 5.41) is 8.32. The van der Waals surface area contributed by atoms with Crippen molar-refractivity contribution in [3.05, 3.63) is 38.4 Å². The van der Waals surface area contributed by atoms with Gasteiger partial charge in [0.05, 0.1) is 14.5 Å². The van der Waals surface area contributed by atoms with Gasteiger partial charge in [0.25, 0.3) is 0 Å². The Kier molecular flexibility index (Phi) is 3.57. The number of aromatic nitrogens is 2. The summed E-state index contributed by atoms with van der Waals surface area (Å²) in [6.45, 7) is 2.07. The molecule has 1 heterocycles. The lowest BCUT2D eigenvalue weighted by molar-refractivity contribution is 0.973. The Bertz CT molecular complexity index is 523. The summed E-state index contributed by atoms with van der Waals surface area (Å²) >= 11 is 15.4. The van der Waals surface area contributed by atoms with E-state index in [-0.39, 0.29) is 0 Å². The summed E-state index contributed by atoms with van der Waals surface area (Å²) < 4.78 is 0.980. The molecule has 0 unspecified atom stereocenters. The number of benzene rings is 1. The zero-order valence-corrected chi connectivity index (χ0v) is 11.6. The first-order chi connectivity index (χ1) is 7.63. The molecule has 2 nitrogen and oxygen atoms in total. The highest BCUT2D eigenvalue weighted by molar-refractivity contribution is 9.10. The molecule has 0 spiro atoms. The second-order valence-electron chi connectivity index (χ2n) is 3.35. The SMILES string of the molecule is CCc1[nH]nc(-c2ccc(Cl)c(Cl)c2)c1Br. The summed E-state index contributed by atoms with van der Waals surface area (Å²) in [7, 11) is 0. The van der Waals surface area contributed by atoms with E-state index in [0.29, 0.717) is 10.0 Å². The van der Waals surface area contributed by atoms with Crippen LogP contribution in [0, 0.1) is 0 Å². The average Bonchev–Trinajstić information content (AvgIpc) is 2.64. The van der Waals surface area contributed by atoms with E-state index in [1.54, 1.807) is 6.07 Å². The van der Waals surface area contributed by atoms with Gasteiger partial charge in [0.15, 0.2) is 0 Å². The van der Waals surface area contributed by atoms with E-state index in [4.69, 9.17) is 23.2 Å². The molecule has 0 aliphatic carbocycles. The predicted octanol–water partition coefficient (Wildman–Crippen LogP) is 4.71. The van der Waals surface area contributed by atoms with Crippen molar-refractivity contribution in [3.8, 4) is 11.3 Å². The van der Waals surface area contributed by atoms with E-state index in [9.17, 15) is 0 Å². The lowest BCUT2D eigenvalue weighted by Gasteiger charge is -2.00. The quantitative estimate of drug-likeness (QED) is 0.853. The lowest BCUT2D eigenvalue weighted by Crippen LogP contribution is -1.80. The van der Waals surface area contributed by atoms with Crippen LogP contribution >= 0.6 is 39.1 Å². The number of nitrogens with zero attached hydrogens (tertiary/aromatic N) is 1. The summed E-state index contributed by atoms with van der Waals surface area (Å²) in [6, 6.07) is 5.48. The Morgan fingerprint density at radius 3 is 2.62 bits per heavy atom. The van der Waals surface area contributed by atoms with Gasteiger partial charge in [0.2, 0.25) is 0 Å². The van der Waals surface area contributed by atoms with Crippen LogP contribution in [0.2, 0.25) is 10.0 Å². The fourth-order valence-electron chi connectivity index (χ4n) is 1.43. The minimum absolute atomic E-state index is 0.534. The number of aromatic amines is 1. The number of aryl methyl sites for hydroxylation is 1. The Morgan fingerprint density at radius 2 is 2.06 bits per heavy atom. The first-order valence-electron chi connectivity index (χ1n) is 4.81. The zero-order chi connectivity index (χ0) is 11.7. The van der Waals surface area contributed by atoms with Gasteiger partial charge in [-0.3, -0.25) is 5.10 Å². The molecule has 0 saturated heterocycles. The van der Waals surface area contributed by atoms with E-state index in [1.807, 2.05) is 12.1 Å². The molecule has 1 aromatic carbocycles. The van der Waals surface area contributed by atoms with Gasteiger partial charge in [-0.05, 0) is 34.5 Å². The molecule has 0 radical (unpaired) electrons. The van der Waals surface area contributed by atoms with Crippen LogP contribution in [-0.4, -0.2) is 10.2 Å². The van der Waals surface area contributed by atoms with Gasteiger partial charge in [-0.2, -0.15) is 5.10 Å². The molecule has 84 valence electrons. The molecule has 1 N–H and O–H groups in total. The van der Waals surface area contributed by atoms with Gasteiger partial charge < -0.3 is 0 Å². The smallest absolute Gasteiger partial charge is 0.107 e. The zero-order valence-electron chi connectivity index (χ0n) is 8.52. The van der Waals surface area contributed by atoms with Crippen LogP contribution in [0.1, 0.15) is 12.6 Å². The minimum Gasteiger partial charge on any atom is -0.281 e. The molecule has 0 saturated carbocycles. The van der Waals surface area contributed by atoms with E-state index in [0.717, 1.165) is 27.8 Å². The molecule has 0 aliphatic rings. The average molecular weight is 320 g/mol. The minimum atomic E-state index is 0.534. The van der Waals surface area contributed by atoms with E-state index < -0.39 is 0 Å². The van der Waals surface area contributed by atoms with E-state index in [2.05, 4.69) is 33.1 Å². The van der Waals surface area contributed by atoms with Crippen molar-refractivity contribution in [1.82, 2.24) is 10.2 Å². The highest BCUT2D eigenvalue weighted by atomic mass is 79.9. The van der Waals surface area contributed by atoms with Crippen LogP contribution in [0.15, 0.2) is 22.7 Å². The summed E-state index contributed by atoms with van der Waals surface area (Å²) in [5.74, 6) is 0. The molecule has 16 heavy (non-hydrogen) atoms. The fraction of sp³-hybridized carbons (Fsp3) is 0.182. The van der Waals surface area contributed by atoms with Crippen molar-refractivity contribution in [1.29, 1.82) is 0 Å². The largest absolute Gasteiger partial charge is 0.281 e. The van der Waals surface area contributed by atoms with Crippen LogP contribution in [0.25, 0.3) is 11.3 Å². The summed E-state index contributed by atoms with van der Waals surface area (Å²) in [4.78, 5) is 0. The van der Waals surface area contributed by atoms with Crippen molar-refractivity contribution in [3.63, 3.8) is 0 Å². The molecule has 0 atom stereocenters. The highest BCUT2D eigenvalue weighted by Crippen LogP contribution is 2.32. The Balaban J connectivity index is 2.50. The predicted molar refractivity (Wildman–Crippen MR) is 71.1 cm³/mol. The maximum absolute atomic E-state index is 5.97. The van der Waals surface area contributed by atoms with Crippen molar-refractivity contribution >= 4 is 39.1 Å². The van der Waals surface area contributed by atoms with Crippen molar-refractivity contribution < 1.29 is 0 Å². The van der Waals surface area contributed by atoms with Crippen molar-refractivity contribution in [2.45, 2.75) is 13.3 Å². The van der Waals surface area contributed by atoms with Crippen LogP contribution in [0.5, 0.6) is 0 Å². The van der Waals surface area contributed by atoms with Crippen molar-refractivity contribution in [2.24, 2.45) is 0 Å². The Hall–Kier alpha value is -0.510. The van der Waals surface area contributed by atoms with Crippen LogP contribution in [-0.2, 0) is 6.42 Å². The maximum Gasteiger partial charge on any atom is 0.107 e. The standard InChI is InChI=1S/C11H9BrCl2N2/c1-2-9-10(12)11(16-15-9)6-3-4-7(13)8(14)5-6/h3-5H,2H2,1H3,(H,15,16). The van der Waals surface area contributed by atoms with Crippen LogP contribution in [0.3, 0.4) is 0 Å². The van der Waals surface area contributed by atoms with Crippen LogP contribution in [0.4, 0.5) is 0 Å². The van der Waals surface area contributed by atoms with Gasteiger partial charge in [-0.1, -0.05) is 36.2 Å². The maximum atomic E-state index is 5.97. The highest BCUT2D eigenvalue weighted by Gasteiger charge is 2.12. The van der Waals surface area contributed by atoms with Gasteiger partial charge in [0.1, 0.15) is 5.69 Å². The number of hydrogen-bond donors (Lipinski definition) is 1. The first-order valence-corrected chi connectivity index (χ1v) is 6.36. The van der Waals surface area contributed by atoms with Gasteiger partial charge in [-0.25, -0.2) is 0 Å². The monoisotopic (exact) mass is 318 g/mol. The number of H-pyrrole nitrogens is 1. The third-order valence-electron chi connectivity index (χ3n) is 2.32. The van der Waals surface area contributed by atoms with Crippen molar-refractivity contribution in [2.75, 3.05) is 0 Å². The second kappa shape index (κ2) is 4.78. The number of halogens is 3. The van der Waals surface area contributed by atoms with Gasteiger partial charge in [-0.15, -0.1) is 0 Å². The Labute approximate surface area is 112 Å². The first kappa shape index (κ1) is 12.0. The van der Waals surface area contributed by atoms with Gasteiger partial charge >= 0.3 is 0 Å². The molecule has 0 fully saturated rings. The number of hydrogen-bond acceptors (Lipinski definition) is 1. The van der Waals surface area contributed by atoms with E-state index in [1.165, 1.54) is 0 Å². The molecular formula is C11H9BrCl2N2. The fourth-order valence-corrected chi connectivity index (χ4v) is 2.42. The summed E-state index contributed by atoms with van der Waals surface area (Å²) in [6.07, 6.45) is 0.898. The van der Waals surface area contributed by atoms with Gasteiger partial charge in [0, 0.05) is 11.3 Å². The normalized spacial score (nSPS) is 10.8. The molecule has 0 amide bonds. The third kappa shape index (κ3) is 2.12. The molecule has 2 aromatic rings. The van der Waals surface area contributed by atoms with E-state index >= 15 is 0 Å². The molecule has 0 bridgehead atoms. The Morgan fingerprint density at radius 1 is 1.31 bits per heavy atom. The summed E-state index contributed by atoms with van der Waals surface area (Å²) in [5.41, 5.74) is 2.87. The van der Waals surface area contributed by atoms with Crippen LogP contribution < -0.4 is 0 Å². The molecule has 1 aromatic heterocycles. The number of rotatable bonds is 2. The third-order valence-corrected chi connectivity index (χ3v) is 3.92. The topological polar surface area (TPSA) is 28.7 Å². The lowest BCUT2D eigenvalue weighted by atomic mass is 10.1. The molecule has 2 rings (SSSR count). The molecule has 0 aliphatic heterocycles. The second-order valence-corrected chi connectivity index (χ2v) is 4.95. The number of nitrogens with one attached hydrogen (secondary N) is 1. The molecule has 5 heteroatoms.